The van der Waals surface area contributed by atoms with Crippen LogP contribution in [-0.4, -0.2) is 42.0 Å². The van der Waals surface area contributed by atoms with Crippen molar-refractivity contribution in [3.63, 3.8) is 0 Å². The van der Waals surface area contributed by atoms with Crippen LogP contribution in [0.25, 0.3) is 6.08 Å². The Hall–Kier alpha value is -2.98. The molecule has 1 N–H and O–H groups in total. The number of carbonyl (C=O) groups excluding carboxylic acids is 2. The van der Waals surface area contributed by atoms with E-state index in [-0.39, 0.29) is 36.2 Å². The fourth-order valence-corrected chi connectivity index (χ4v) is 6.58. The summed E-state index contributed by atoms with van der Waals surface area (Å²) in [6, 6.07) is 7.63. The van der Waals surface area contributed by atoms with Crippen molar-refractivity contribution in [2.24, 2.45) is 0 Å². The number of hydrogen-bond acceptors (Lipinski definition) is 10. The number of esters is 2. The number of hydrogen-bond donors (Lipinski definition) is 1. The van der Waals surface area contributed by atoms with Gasteiger partial charge in [-0.15, -0.1) is 0 Å². The van der Waals surface area contributed by atoms with Crippen LogP contribution in [0.5, 0.6) is 34.5 Å². The van der Waals surface area contributed by atoms with Gasteiger partial charge in [0.1, 0.15) is 0 Å². The van der Waals surface area contributed by atoms with Crippen LogP contribution in [0.1, 0.15) is 37.7 Å². The molecule has 2 aromatic carbocycles. The number of benzene rings is 2. The normalized spacial score (nSPS) is 16.4. The van der Waals surface area contributed by atoms with E-state index in [1.54, 1.807) is 12.1 Å². The lowest BCUT2D eigenvalue weighted by molar-refractivity contribution is -0.135. The molecule has 0 bridgehead atoms. The van der Waals surface area contributed by atoms with Gasteiger partial charge in [0, 0.05) is 35.6 Å². The summed E-state index contributed by atoms with van der Waals surface area (Å²) in [6.07, 6.45) is 7.03. The molecule has 186 valence electrons. The Labute approximate surface area is 211 Å². The molecule has 1 unspecified atom stereocenters. The fourth-order valence-electron chi connectivity index (χ4n) is 3.55. The summed E-state index contributed by atoms with van der Waals surface area (Å²) >= 11 is 0. The van der Waals surface area contributed by atoms with Gasteiger partial charge in [-0.1, -0.05) is 34.1 Å². The third-order valence-corrected chi connectivity index (χ3v) is 8.38. The van der Waals surface area contributed by atoms with E-state index in [0.29, 0.717) is 22.3 Å². The van der Waals surface area contributed by atoms with Gasteiger partial charge in [0.15, 0.2) is 34.5 Å². The van der Waals surface area contributed by atoms with Crippen LogP contribution in [0.3, 0.4) is 0 Å². The zero-order valence-corrected chi connectivity index (χ0v) is 20.8. The molecule has 0 radical (unpaired) electrons. The van der Waals surface area contributed by atoms with E-state index in [4.69, 9.17) is 23.7 Å². The Bertz CT molecular complexity index is 1100. The van der Waals surface area contributed by atoms with Crippen molar-refractivity contribution in [2.45, 2.75) is 37.4 Å². The lowest BCUT2D eigenvalue weighted by Crippen LogP contribution is -2.11. The minimum atomic E-state index is -0.680. The minimum Gasteiger partial charge on any atom is -0.504 e. The number of carbonyl (C=O) groups is 2. The van der Waals surface area contributed by atoms with E-state index >= 15 is 0 Å². The van der Waals surface area contributed by atoms with Crippen molar-refractivity contribution in [1.29, 1.82) is 0 Å². The summed E-state index contributed by atoms with van der Waals surface area (Å²) in [7, 11) is 5.28. The van der Waals surface area contributed by atoms with E-state index in [1.165, 1.54) is 49.6 Å². The summed E-state index contributed by atoms with van der Waals surface area (Å²) in [5.41, 5.74) is 0.628. The first kappa shape index (κ1) is 25.1. The van der Waals surface area contributed by atoms with Crippen LogP contribution in [0.15, 0.2) is 36.4 Å². The van der Waals surface area contributed by atoms with Crippen molar-refractivity contribution in [2.75, 3.05) is 19.7 Å². The van der Waals surface area contributed by atoms with Crippen LogP contribution in [0.2, 0.25) is 0 Å². The predicted molar refractivity (Wildman–Crippen MR) is 134 cm³/mol. The molecule has 1 atom stereocenters. The van der Waals surface area contributed by atoms with Crippen molar-refractivity contribution < 1.29 is 38.4 Å². The average Bonchev–Trinajstić information content (AvgIpc) is 3.53. The molecule has 2 aliphatic rings. The zero-order chi connectivity index (χ0) is 24.6. The molecule has 8 nitrogen and oxygen atoms in total. The first-order valence-corrected chi connectivity index (χ1v) is 13.6. The zero-order valence-electron chi connectivity index (χ0n) is 19.2. The average molecular weight is 519 g/mol. The molecule has 0 amide bonds. The van der Waals surface area contributed by atoms with E-state index in [2.05, 4.69) is 0 Å². The van der Waals surface area contributed by atoms with Gasteiger partial charge in [-0.2, -0.15) is 0 Å². The third kappa shape index (κ3) is 7.02. The number of aromatic hydroxyl groups is 1. The van der Waals surface area contributed by atoms with Crippen LogP contribution in [0.4, 0.5) is 0 Å². The number of phenols is 1. The van der Waals surface area contributed by atoms with Crippen LogP contribution in [0, 0.1) is 0 Å². The Morgan fingerprint density at radius 2 is 1.86 bits per heavy atom. The highest BCUT2D eigenvalue weighted by molar-refractivity contribution is 8.77. The van der Waals surface area contributed by atoms with Crippen LogP contribution >= 0.6 is 21.6 Å². The summed E-state index contributed by atoms with van der Waals surface area (Å²) < 4.78 is 26.8. The highest BCUT2D eigenvalue weighted by Gasteiger charge is 2.22. The van der Waals surface area contributed by atoms with Crippen LogP contribution < -0.4 is 23.7 Å². The van der Waals surface area contributed by atoms with Gasteiger partial charge in [-0.3, -0.25) is 4.79 Å². The molecule has 1 fully saturated rings. The molecular weight excluding hydrogens is 492 g/mol. The second kappa shape index (κ2) is 12.1. The van der Waals surface area contributed by atoms with E-state index in [1.807, 2.05) is 21.6 Å². The molecule has 4 rings (SSSR count). The molecule has 2 heterocycles. The number of methoxy groups -OCH3 is 1. The van der Waals surface area contributed by atoms with Crippen molar-refractivity contribution in [3.05, 3.63) is 42.0 Å². The highest BCUT2D eigenvalue weighted by Crippen LogP contribution is 2.43. The number of phenolic OH excluding ortho intramolecular Hbond substituents is 1. The van der Waals surface area contributed by atoms with E-state index in [0.717, 1.165) is 19.3 Å². The number of unbranched alkanes of at least 4 members (excludes halogenated alkanes) is 1. The Morgan fingerprint density at radius 1 is 1.09 bits per heavy atom. The quantitative estimate of drug-likeness (QED) is 0.145. The Kier molecular flexibility index (Phi) is 8.70. The van der Waals surface area contributed by atoms with Gasteiger partial charge in [0.2, 0.25) is 6.79 Å². The summed E-state index contributed by atoms with van der Waals surface area (Å²) in [4.78, 5) is 24.9. The highest BCUT2D eigenvalue weighted by atomic mass is 33.1. The molecule has 0 spiro atoms. The lowest BCUT2D eigenvalue weighted by Gasteiger charge is -2.11. The molecule has 2 aromatic rings. The molecule has 0 aliphatic carbocycles. The summed E-state index contributed by atoms with van der Waals surface area (Å²) in [6.45, 7) is 0.0279. The number of ether oxygens (including phenoxy) is 5. The van der Waals surface area contributed by atoms with Gasteiger partial charge in [0.25, 0.3) is 0 Å². The smallest absolute Gasteiger partial charge is 0.336 e. The summed E-state index contributed by atoms with van der Waals surface area (Å²) in [5, 5.41) is 10.4. The lowest BCUT2D eigenvalue weighted by atomic mass is 10.1. The third-order valence-electron chi connectivity index (χ3n) is 5.37. The Balaban J connectivity index is 1.37. The monoisotopic (exact) mass is 518 g/mol. The standard InChI is InChI=1S/C25H26O8S2/c1-29-19-12-16(6-8-18(19)26)7-9-25(28)33-23-14-21-20(30-15-31-21)13-22(23)32-24(27)5-3-2-4-17-10-11-34-35-17/h6-9,12-14,17,26H,2-5,10-11,15H2,1H3. The van der Waals surface area contributed by atoms with E-state index in [9.17, 15) is 14.7 Å². The maximum atomic E-state index is 12.5. The first-order chi connectivity index (χ1) is 17.0. The molecule has 1 saturated heterocycles. The van der Waals surface area contributed by atoms with Crippen molar-refractivity contribution in [1.82, 2.24) is 0 Å². The molecular formula is C25H26O8S2. The van der Waals surface area contributed by atoms with Crippen molar-refractivity contribution in [3.8, 4) is 34.5 Å². The summed E-state index contributed by atoms with van der Waals surface area (Å²) in [5.74, 6) is 1.35. The van der Waals surface area contributed by atoms with Crippen LogP contribution in [-0.2, 0) is 9.59 Å². The largest absolute Gasteiger partial charge is 0.504 e. The van der Waals surface area contributed by atoms with Gasteiger partial charge < -0.3 is 28.8 Å². The van der Waals surface area contributed by atoms with Crippen molar-refractivity contribution >= 4 is 39.6 Å². The fraction of sp³-hybridized carbons (Fsp3) is 0.360. The molecule has 0 saturated carbocycles. The molecule has 35 heavy (non-hydrogen) atoms. The number of fused-ring (bicyclic) bond motifs is 1. The van der Waals surface area contributed by atoms with E-state index < -0.39 is 11.9 Å². The van der Waals surface area contributed by atoms with Gasteiger partial charge in [-0.05, 0) is 43.0 Å². The number of rotatable bonds is 10. The Morgan fingerprint density at radius 3 is 2.57 bits per heavy atom. The van der Waals surface area contributed by atoms with Gasteiger partial charge in [-0.25, -0.2) is 4.79 Å². The predicted octanol–water partition coefficient (Wildman–Crippen LogP) is 5.37. The molecule has 10 heteroatoms. The first-order valence-electron chi connectivity index (χ1n) is 11.2. The maximum absolute atomic E-state index is 12.5. The second-order valence-corrected chi connectivity index (χ2v) is 10.7. The van der Waals surface area contributed by atoms with Gasteiger partial charge >= 0.3 is 11.9 Å². The minimum absolute atomic E-state index is 0.00419. The maximum Gasteiger partial charge on any atom is 0.336 e. The molecule has 0 aromatic heterocycles. The second-order valence-electron chi connectivity index (χ2n) is 7.89. The molecule has 2 aliphatic heterocycles. The van der Waals surface area contributed by atoms with Gasteiger partial charge in [0.05, 0.1) is 7.11 Å². The topological polar surface area (TPSA) is 101 Å². The SMILES string of the molecule is COc1cc(C=CC(=O)Oc2cc3c(cc2OC(=O)CCCCC2CCSS2)OCO3)ccc1O.